The molecule has 102 valence electrons. The Hall–Kier alpha value is -0.210. The lowest BCUT2D eigenvalue weighted by Crippen LogP contribution is -2.01. The van der Waals surface area contributed by atoms with Crippen molar-refractivity contribution in [2.24, 2.45) is 0 Å². The van der Waals surface area contributed by atoms with Crippen LogP contribution in [0, 0.1) is 0 Å². The van der Waals surface area contributed by atoms with Crippen molar-refractivity contribution in [3.05, 3.63) is 27.7 Å². The smallest absolute Gasteiger partial charge is 0.0499 e. The molecule has 0 fully saturated rings. The summed E-state index contributed by atoms with van der Waals surface area (Å²) < 4.78 is 1.08. The molecule has 1 aromatic carbocycles. The average molecular weight is 333 g/mol. The lowest BCUT2D eigenvalue weighted by molar-refractivity contribution is 0.596. The molecule has 0 amide bonds. The molecule has 0 aliphatic carbocycles. The fourth-order valence-electron chi connectivity index (χ4n) is 1.94. The van der Waals surface area contributed by atoms with E-state index in [2.05, 4.69) is 28.2 Å². The van der Waals surface area contributed by atoms with Crippen LogP contribution in [-0.2, 0) is 0 Å². The van der Waals surface area contributed by atoms with Crippen LogP contribution in [0.2, 0.25) is 5.02 Å². The quantitative estimate of drug-likeness (QED) is 0.526. The molecule has 0 saturated heterocycles. The van der Waals surface area contributed by atoms with Gasteiger partial charge in [0, 0.05) is 21.7 Å². The third-order valence-corrected chi connectivity index (χ3v) is 3.95. The first-order valence-corrected chi connectivity index (χ1v) is 8.10. The van der Waals surface area contributed by atoms with Gasteiger partial charge in [-0.15, -0.1) is 0 Å². The molecule has 1 rings (SSSR count). The molecule has 1 nitrogen and oxygen atoms in total. The van der Waals surface area contributed by atoms with Crippen molar-refractivity contribution in [3.63, 3.8) is 0 Å². The molecular weight excluding hydrogens is 310 g/mol. The Labute approximate surface area is 124 Å². The molecule has 3 heteroatoms. The van der Waals surface area contributed by atoms with E-state index in [9.17, 15) is 0 Å². The summed E-state index contributed by atoms with van der Waals surface area (Å²) in [7, 11) is 0. The number of anilines is 1. The van der Waals surface area contributed by atoms with E-state index in [4.69, 9.17) is 11.6 Å². The van der Waals surface area contributed by atoms with Gasteiger partial charge in [0.05, 0.1) is 0 Å². The molecule has 0 aromatic heterocycles. The van der Waals surface area contributed by atoms with E-state index in [0.29, 0.717) is 0 Å². The zero-order valence-electron chi connectivity index (χ0n) is 11.1. The van der Waals surface area contributed by atoms with E-state index in [1.54, 1.807) is 0 Å². The van der Waals surface area contributed by atoms with Gasteiger partial charge in [-0.2, -0.15) is 0 Å². The zero-order chi connectivity index (χ0) is 13.2. The summed E-state index contributed by atoms with van der Waals surface area (Å²) >= 11 is 9.49. The molecule has 0 atom stereocenters. The van der Waals surface area contributed by atoms with Crippen molar-refractivity contribution in [2.45, 2.75) is 51.9 Å². The van der Waals surface area contributed by atoms with Crippen LogP contribution in [-0.4, -0.2) is 6.54 Å². The number of nitrogens with one attached hydrogen (secondary N) is 1. The first-order chi connectivity index (χ1) is 8.74. The van der Waals surface area contributed by atoms with Crippen LogP contribution < -0.4 is 5.32 Å². The summed E-state index contributed by atoms with van der Waals surface area (Å²) in [4.78, 5) is 0. The first-order valence-electron chi connectivity index (χ1n) is 6.93. The molecular formula is C15H23BrClN. The third-order valence-electron chi connectivity index (χ3n) is 3.02. The molecule has 0 heterocycles. The molecule has 0 radical (unpaired) electrons. The summed E-state index contributed by atoms with van der Waals surface area (Å²) in [6, 6.07) is 5.84. The number of hydrogen-bond acceptors (Lipinski definition) is 1. The van der Waals surface area contributed by atoms with Crippen molar-refractivity contribution in [2.75, 3.05) is 11.9 Å². The van der Waals surface area contributed by atoms with Crippen molar-refractivity contribution in [3.8, 4) is 0 Å². The van der Waals surface area contributed by atoms with Crippen molar-refractivity contribution < 1.29 is 0 Å². The van der Waals surface area contributed by atoms with E-state index >= 15 is 0 Å². The maximum Gasteiger partial charge on any atom is 0.0499 e. The SMILES string of the molecule is CCCCCCCCCNc1cc(Cl)ccc1Br. The zero-order valence-corrected chi connectivity index (χ0v) is 13.5. The Morgan fingerprint density at radius 3 is 2.44 bits per heavy atom. The van der Waals surface area contributed by atoms with Gasteiger partial charge in [-0.3, -0.25) is 0 Å². The van der Waals surface area contributed by atoms with Crippen molar-refractivity contribution in [1.82, 2.24) is 0 Å². The molecule has 1 aromatic rings. The van der Waals surface area contributed by atoms with Crippen LogP contribution >= 0.6 is 27.5 Å². The monoisotopic (exact) mass is 331 g/mol. The summed E-state index contributed by atoms with van der Waals surface area (Å²) in [6.07, 6.45) is 9.38. The highest BCUT2D eigenvalue weighted by Gasteiger charge is 1.99. The third kappa shape index (κ3) is 6.65. The highest BCUT2D eigenvalue weighted by atomic mass is 79.9. The highest BCUT2D eigenvalue weighted by Crippen LogP contribution is 2.25. The second-order valence-electron chi connectivity index (χ2n) is 4.67. The Morgan fingerprint density at radius 2 is 1.72 bits per heavy atom. The van der Waals surface area contributed by atoms with E-state index in [0.717, 1.165) is 21.7 Å². The largest absolute Gasteiger partial charge is 0.384 e. The average Bonchev–Trinajstić information content (AvgIpc) is 2.36. The van der Waals surface area contributed by atoms with E-state index in [1.807, 2.05) is 18.2 Å². The molecule has 1 N–H and O–H groups in total. The van der Waals surface area contributed by atoms with Gasteiger partial charge >= 0.3 is 0 Å². The second kappa shape index (κ2) is 9.69. The molecule has 0 aliphatic heterocycles. The summed E-state index contributed by atoms with van der Waals surface area (Å²) in [5.41, 5.74) is 1.09. The molecule has 0 bridgehead atoms. The minimum Gasteiger partial charge on any atom is -0.384 e. The summed E-state index contributed by atoms with van der Waals surface area (Å²) in [5, 5.41) is 4.20. The number of benzene rings is 1. The summed E-state index contributed by atoms with van der Waals surface area (Å²) in [6.45, 7) is 3.28. The van der Waals surface area contributed by atoms with Gasteiger partial charge in [-0.05, 0) is 40.5 Å². The molecule has 0 unspecified atom stereocenters. The van der Waals surface area contributed by atoms with Crippen LogP contribution in [0.4, 0.5) is 5.69 Å². The Bertz CT molecular complexity index is 341. The van der Waals surface area contributed by atoms with Gasteiger partial charge in [-0.1, -0.05) is 57.0 Å². The van der Waals surface area contributed by atoms with Crippen LogP contribution in [0.15, 0.2) is 22.7 Å². The molecule has 0 saturated carbocycles. The van der Waals surface area contributed by atoms with Crippen molar-refractivity contribution >= 4 is 33.2 Å². The maximum absolute atomic E-state index is 5.97. The lowest BCUT2D eigenvalue weighted by atomic mass is 10.1. The van der Waals surface area contributed by atoms with Crippen LogP contribution in [0.3, 0.4) is 0 Å². The Balaban J connectivity index is 2.09. The van der Waals surface area contributed by atoms with E-state index < -0.39 is 0 Å². The number of rotatable bonds is 9. The minimum atomic E-state index is 0.778. The van der Waals surface area contributed by atoms with Gasteiger partial charge in [0.2, 0.25) is 0 Å². The number of hydrogen-bond donors (Lipinski definition) is 1. The van der Waals surface area contributed by atoms with Gasteiger partial charge in [0.15, 0.2) is 0 Å². The molecule has 0 aliphatic rings. The van der Waals surface area contributed by atoms with E-state index in [-0.39, 0.29) is 0 Å². The highest BCUT2D eigenvalue weighted by molar-refractivity contribution is 9.10. The Kier molecular flexibility index (Phi) is 8.53. The van der Waals surface area contributed by atoms with Gasteiger partial charge in [0.25, 0.3) is 0 Å². The fraction of sp³-hybridized carbons (Fsp3) is 0.600. The molecule has 0 spiro atoms. The van der Waals surface area contributed by atoms with Gasteiger partial charge in [0.1, 0.15) is 0 Å². The van der Waals surface area contributed by atoms with E-state index in [1.165, 1.54) is 44.9 Å². The number of halogens is 2. The fourth-order valence-corrected chi connectivity index (χ4v) is 2.50. The standard InChI is InChI=1S/C15H23BrClN/c1-2-3-4-5-6-7-8-11-18-15-12-13(17)9-10-14(15)16/h9-10,12,18H,2-8,11H2,1H3. The van der Waals surface area contributed by atoms with Crippen molar-refractivity contribution in [1.29, 1.82) is 0 Å². The van der Waals surface area contributed by atoms with Gasteiger partial charge < -0.3 is 5.32 Å². The maximum atomic E-state index is 5.97. The molecule has 18 heavy (non-hydrogen) atoms. The topological polar surface area (TPSA) is 12.0 Å². The second-order valence-corrected chi connectivity index (χ2v) is 5.96. The minimum absolute atomic E-state index is 0.778. The van der Waals surface area contributed by atoms with Crippen LogP contribution in [0.1, 0.15) is 51.9 Å². The first kappa shape index (κ1) is 15.8. The van der Waals surface area contributed by atoms with Gasteiger partial charge in [-0.25, -0.2) is 0 Å². The predicted molar refractivity (Wildman–Crippen MR) is 85.6 cm³/mol. The summed E-state index contributed by atoms with van der Waals surface area (Å²) in [5.74, 6) is 0. The normalized spacial score (nSPS) is 10.6. The number of unbranched alkanes of at least 4 members (excludes halogenated alkanes) is 6. The van der Waals surface area contributed by atoms with Crippen LogP contribution in [0.25, 0.3) is 0 Å². The van der Waals surface area contributed by atoms with Crippen LogP contribution in [0.5, 0.6) is 0 Å². The Morgan fingerprint density at radius 1 is 1.06 bits per heavy atom. The lowest BCUT2D eigenvalue weighted by Gasteiger charge is -2.08. The predicted octanol–water partition coefficient (Wildman–Crippen LogP) is 6.27.